The maximum Gasteiger partial charge on any atom is 0.291 e. The minimum Gasteiger partial charge on any atom is -0.379 e. The lowest BCUT2D eigenvalue weighted by molar-refractivity contribution is 0.533. The van der Waals surface area contributed by atoms with Gasteiger partial charge in [0, 0.05) is 13.1 Å². The molecule has 0 amide bonds. The minimum atomic E-state index is -0.0896. The van der Waals surface area contributed by atoms with Gasteiger partial charge >= 0.3 is 0 Å². The Balaban J connectivity index is 1.90. The molecule has 1 fully saturated rings. The van der Waals surface area contributed by atoms with E-state index in [1.54, 1.807) is 10.9 Å². The molecule has 1 heterocycles. The van der Waals surface area contributed by atoms with Crippen LogP contribution in [-0.2, 0) is 6.54 Å². The summed E-state index contributed by atoms with van der Waals surface area (Å²) in [5.74, 6) is 1.36. The number of aromatic nitrogens is 2. The summed E-state index contributed by atoms with van der Waals surface area (Å²) >= 11 is 6.08. The second-order valence-corrected chi connectivity index (χ2v) is 6.52. The summed E-state index contributed by atoms with van der Waals surface area (Å²) < 4.78 is 1.54. The van der Waals surface area contributed by atoms with E-state index in [9.17, 15) is 4.79 Å². The fourth-order valence-corrected chi connectivity index (χ4v) is 2.39. The highest BCUT2D eigenvalue weighted by Crippen LogP contribution is 2.30. The quantitative estimate of drug-likeness (QED) is 0.747. The van der Waals surface area contributed by atoms with Crippen LogP contribution in [-0.4, -0.2) is 16.3 Å². The minimum absolute atomic E-state index is 0.0896. The van der Waals surface area contributed by atoms with Crippen molar-refractivity contribution in [1.29, 1.82) is 0 Å². The Labute approximate surface area is 125 Å². The fourth-order valence-electron chi connectivity index (χ4n) is 2.19. The predicted octanol–water partition coefficient (Wildman–Crippen LogP) is 3.54. The van der Waals surface area contributed by atoms with Crippen LogP contribution >= 0.6 is 11.6 Å². The largest absolute Gasteiger partial charge is 0.379 e. The van der Waals surface area contributed by atoms with Crippen LogP contribution in [0, 0.1) is 11.8 Å². The van der Waals surface area contributed by atoms with Crippen LogP contribution in [0.2, 0.25) is 5.02 Å². The van der Waals surface area contributed by atoms with Crippen molar-refractivity contribution in [3.05, 3.63) is 21.6 Å². The van der Waals surface area contributed by atoms with Gasteiger partial charge in [0.1, 0.15) is 5.69 Å². The molecule has 0 saturated heterocycles. The molecule has 1 aliphatic carbocycles. The molecule has 0 atom stereocenters. The van der Waals surface area contributed by atoms with Gasteiger partial charge in [0.05, 0.1) is 11.2 Å². The molecule has 1 N–H and O–H groups in total. The van der Waals surface area contributed by atoms with E-state index >= 15 is 0 Å². The molecule has 0 aliphatic heterocycles. The molecule has 0 radical (unpaired) electrons. The van der Waals surface area contributed by atoms with E-state index in [2.05, 4.69) is 24.3 Å². The first-order valence-corrected chi connectivity index (χ1v) is 7.95. The molecule has 1 aliphatic rings. The van der Waals surface area contributed by atoms with Crippen molar-refractivity contribution in [2.75, 3.05) is 11.9 Å². The third-order valence-electron chi connectivity index (χ3n) is 3.64. The number of unbranched alkanes of at least 4 members (excludes halogenated alkanes) is 1. The SMILES string of the molecule is CC(C)CCCCNc1c(Cl)cnn(CC2CC2)c1=O. The van der Waals surface area contributed by atoms with Gasteiger partial charge in [0.25, 0.3) is 5.56 Å². The number of hydrogen-bond donors (Lipinski definition) is 1. The van der Waals surface area contributed by atoms with Crippen molar-refractivity contribution >= 4 is 17.3 Å². The van der Waals surface area contributed by atoms with Crippen LogP contribution in [0.15, 0.2) is 11.0 Å². The first-order valence-electron chi connectivity index (χ1n) is 7.57. The Bertz CT molecular complexity index is 494. The number of nitrogens with zero attached hydrogens (tertiary/aromatic N) is 2. The molecule has 20 heavy (non-hydrogen) atoms. The molecule has 1 aromatic rings. The molecule has 1 saturated carbocycles. The Hall–Kier alpha value is -1.03. The summed E-state index contributed by atoms with van der Waals surface area (Å²) in [6.45, 7) is 5.96. The average Bonchev–Trinajstić information content (AvgIpc) is 3.20. The zero-order valence-electron chi connectivity index (χ0n) is 12.4. The summed E-state index contributed by atoms with van der Waals surface area (Å²) in [5, 5.41) is 7.72. The van der Waals surface area contributed by atoms with E-state index in [0.29, 0.717) is 16.6 Å². The van der Waals surface area contributed by atoms with Crippen molar-refractivity contribution in [3.63, 3.8) is 0 Å². The lowest BCUT2D eigenvalue weighted by Crippen LogP contribution is -2.27. The Morgan fingerprint density at radius 1 is 1.45 bits per heavy atom. The second kappa shape index (κ2) is 7.11. The van der Waals surface area contributed by atoms with Crippen LogP contribution in [0.1, 0.15) is 46.0 Å². The topological polar surface area (TPSA) is 46.9 Å². The van der Waals surface area contributed by atoms with Crippen molar-refractivity contribution < 1.29 is 0 Å². The summed E-state index contributed by atoms with van der Waals surface area (Å²) in [5.41, 5.74) is 0.417. The highest BCUT2D eigenvalue weighted by Gasteiger charge is 2.23. The van der Waals surface area contributed by atoms with E-state index in [1.165, 1.54) is 25.7 Å². The molecule has 1 aromatic heterocycles. The van der Waals surface area contributed by atoms with Gasteiger partial charge in [0.15, 0.2) is 0 Å². The third kappa shape index (κ3) is 4.51. The van der Waals surface area contributed by atoms with Crippen molar-refractivity contribution in [2.45, 2.75) is 52.5 Å². The highest BCUT2D eigenvalue weighted by molar-refractivity contribution is 6.32. The van der Waals surface area contributed by atoms with Crippen LogP contribution in [0.3, 0.4) is 0 Å². The number of halogens is 1. The summed E-state index contributed by atoms with van der Waals surface area (Å²) in [7, 11) is 0. The Kier molecular flexibility index (Phi) is 5.46. The summed E-state index contributed by atoms with van der Waals surface area (Å²) in [6, 6.07) is 0. The smallest absolute Gasteiger partial charge is 0.291 e. The van der Waals surface area contributed by atoms with E-state index < -0.39 is 0 Å². The summed E-state index contributed by atoms with van der Waals surface area (Å²) in [4.78, 5) is 12.3. The lowest BCUT2D eigenvalue weighted by atomic mass is 10.1. The molecule has 0 aromatic carbocycles. The van der Waals surface area contributed by atoms with E-state index in [1.807, 2.05) is 0 Å². The zero-order chi connectivity index (χ0) is 14.5. The first-order chi connectivity index (χ1) is 9.58. The van der Waals surface area contributed by atoms with Gasteiger partial charge in [-0.05, 0) is 31.1 Å². The Morgan fingerprint density at radius 2 is 2.20 bits per heavy atom. The number of anilines is 1. The van der Waals surface area contributed by atoms with Crippen molar-refractivity contribution in [2.24, 2.45) is 11.8 Å². The average molecular weight is 298 g/mol. The zero-order valence-corrected chi connectivity index (χ0v) is 13.1. The molecule has 112 valence electrons. The van der Waals surface area contributed by atoms with Crippen LogP contribution in [0.4, 0.5) is 5.69 Å². The van der Waals surface area contributed by atoms with Gasteiger partial charge in [-0.15, -0.1) is 0 Å². The normalized spacial score (nSPS) is 14.8. The highest BCUT2D eigenvalue weighted by atomic mass is 35.5. The molecule has 0 bridgehead atoms. The first kappa shape index (κ1) is 15.4. The third-order valence-corrected chi connectivity index (χ3v) is 3.92. The molecular formula is C15H24ClN3O. The van der Waals surface area contributed by atoms with Crippen LogP contribution in [0.25, 0.3) is 0 Å². The standard InChI is InChI=1S/C15H24ClN3O/c1-11(2)5-3-4-8-17-14-13(16)9-18-19(15(14)20)10-12-6-7-12/h9,11-12,17H,3-8,10H2,1-2H3. The molecule has 4 nitrogen and oxygen atoms in total. The summed E-state index contributed by atoms with van der Waals surface area (Å²) in [6.07, 6.45) is 7.42. The predicted molar refractivity (Wildman–Crippen MR) is 83.4 cm³/mol. The molecule has 5 heteroatoms. The number of rotatable bonds is 8. The molecule has 0 unspecified atom stereocenters. The van der Waals surface area contributed by atoms with Gasteiger partial charge in [-0.2, -0.15) is 5.10 Å². The fraction of sp³-hybridized carbons (Fsp3) is 0.733. The molecule has 2 rings (SSSR count). The second-order valence-electron chi connectivity index (χ2n) is 6.11. The van der Waals surface area contributed by atoms with Crippen molar-refractivity contribution in [3.8, 4) is 0 Å². The van der Waals surface area contributed by atoms with E-state index in [4.69, 9.17) is 11.6 Å². The monoisotopic (exact) mass is 297 g/mol. The van der Waals surface area contributed by atoms with Gasteiger partial charge in [-0.25, -0.2) is 4.68 Å². The van der Waals surface area contributed by atoms with Gasteiger partial charge in [-0.1, -0.05) is 38.3 Å². The Morgan fingerprint density at radius 3 is 2.85 bits per heavy atom. The van der Waals surface area contributed by atoms with Crippen LogP contribution in [0.5, 0.6) is 0 Å². The lowest BCUT2D eigenvalue weighted by Gasteiger charge is -2.10. The number of nitrogens with one attached hydrogen (secondary N) is 1. The maximum absolute atomic E-state index is 12.3. The van der Waals surface area contributed by atoms with Gasteiger partial charge in [0.2, 0.25) is 0 Å². The van der Waals surface area contributed by atoms with Crippen LogP contribution < -0.4 is 10.9 Å². The maximum atomic E-state index is 12.3. The molecule has 0 spiro atoms. The van der Waals surface area contributed by atoms with Gasteiger partial charge in [-0.3, -0.25) is 4.79 Å². The van der Waals surface area contributed by atoms with Gasteiger partial charge < -0.3 is 5.32 Å². The van der Waals surface area contributed by atoms with E-state index in [0.717, 1.165) is 25.4 Å². The number of hydrogen-bond acceptors (Lipinski definition) is 3. The molecular weight excluding hydrogens is 274 g/mol. The van der Waals surface area contributed by atoms with Crippen molar-refractivity contribution in [1.82, 2.24) is 9.78 Å². The van der Waals surface area contributed by atoms with E-state index in [-0.39, 0.29) is 5.56 Å².